The van der Waals surface area contributed by atoms with E-state index in [0.717, 1.165) is 143 Å². The minimum atomic E-state index is -0.161. The number of H-pyrrole nitrogens is 2. The Morgan fingerprint density at radius 3 is 1.93 bits per heavy atom. The van der Waals surface area contributed by atoms with Crippen LogP contribution in [0.1, 0.15) is 73.2 Å². The Hall–Kier alpha value is -8.15. The number of hydrogen-bond donors (Lipinski definition) is 2. The van der Waals surface area contributed by atoms with Crippen LogP contribution in [-0.4, -0.2) is 91.5 Å². The van der Waals surface area contributed by atoms with Crippen LogP contribution < -0.4 is 0 Å². The van der Waals surface area contributed by atoms with Gasteiger partial charge in [0, 0.05) is 88.2 Å². The third-order valence-corrected chi connectivity index (χ3v) is 13.8. The van der Waals surface area contributed by atoms with Crippen LogP contribution in [0.4, 0.5) is 4.39 Å². The highest BCUT2D eigenvalue weighted by atomic mass is 19.1. The lowest BCUT2D eigenvalue weighted by Crippen LogP contribution is -2.34. The minimum absolute atomic E-state index is 0.130. The molecule has 17 heteroatoms. The highest BCUT2D eigenvalue weighted by Gasteiger charge is 2.29. The van der Waals surface area contributed by atoms with Crippen molar-refractivity contribution in [2.24, 2.45) is 0 Å². The summed E-state index contributed by atoms with van der Waals surface area (Å²) in [5, 5.41) is 40.4. The first-order valence-corrected chi connectivity index (χ1v) is 24.6. The first-order valence-electron chi connectivity index (χ1n) is 24.6. The molecule has 0 unspecified atom stereocenters. The predicted molar refractivity (Wildman–Crippen MR) is 271 cm³/mol. The van der Waals surface area contributed by atoms with Crippen molar-refractivity contribution in [2.75, 3.05) is 26.2 Å². The molecule has 13 rings (SSSR count). The number of nitrogens with one attached hydrogen (secondary N) is 2. The third-order valence-electron chi connectivity index (χ3n) is 13.8. The molecule has 16 nitrogen and oxygen atoms in total. The van der Waals surface area contributed by atoms with E-state index in [9.17, 15) is 4.39 Å². The maximum Gasteiger partial charge on any atom is 0.247 e. The highest BCUT2D eigenvalue weighted by Crippen LogP contribution is 2.35. The molecule has 2 atom stereocenters. The zero-order chi connectivity index (χ0) is 48.5. The molecule has 362 valence electrons. The summed E-state index contributed by atoms with van der Waals surface area (Å²) in [7, 11) is 0. The van der Waals surface area contributed by atoms with Crippen LogP contribution in [0.3, 0.4) is 0 Å². The second kappa shape index (κ2) is 19.6. The normalized spacial score (nSPS) is 16.7. The number of rotatable bonds is 11. The third kappa shape index (κ3) is 9.31. The molecule has 11 aromatic rings. The number of furan rings is 1. The molecule has 0 saturated carbocycles. The van der Waals surface area contributed by atoms with Gasteiger partial charge in [-0.1, -0.05) is 36.4 Å². The number of aromatic nitrogens is 11. The number of pyridine rings is 1. The molecule has 2 aliphatic heterocycles. The quantitative estimate of drug-likeness (QED) is 0.125. The van der Waals surface area contributed by atoms with Crippen molar-refractivity contribution < 1.29 is 17.6 Å². The molecule has 0 radical (unpaired) electrons. The van der Waals surface area contributed by atoms with Gasteiger partial charge < -0.3 is 13.3 Å². The lowest BCUT2D eigenvalue weighted by molar-refractivity contribution is 0.176. The van der Waals surface area contributed by atoms with Crippen LogP contribution in [0, 0.1) is 12.7 Å². The number of fused-ring (bicyclic) bond motifs is 3. The van der Waals surface area contributed by atoms with E-state index >= 15 is 0 Å². The Kier molecular flexibility index (Phi) is 12.2. The molecule has 0 spiro atoms. The van der Waals surface area contributed by atoms with Crippen LogP contribution in [0.2, 0.25) is 0 Å². The molecule has 0 bridgehead atoms. The number of para-hydroxylation sites is 1. The number of aryl methyl sites for hydroxylation is 2. The van der Waals surface area contributed by atoms with E-state index < -0.39 is 0 Å². The fourth-order valence-corrected chi connectivity index (χ4v) is 10.1. The Bertz CT molecular complexity index is 3630. The van der Waals surface area contributed by atoms with Crippen molar-refractivity contribution in [1.82, 2.24) is 65.4 Å². The number of hydrogen-bond acceptors (Lipinski definition) is 13. The number of halogens is 1. The fourth-order valence-electron chi connectivity index (χ4n) is 10.1. The van der Waals surface area contributed by atoms with Crippen LogP contribution >= 0.6 is 0 Å². The molecule has 2 aliphatic rings. The van der Waals surface area contributed by atoms with Gasteiger partial charge in [0.05, 0.1) is 35.6 Å². The molecule has 2 fully saturated rings. The molecule has 0 aliphatic carbocycles. The lowest BCUT2D eigenvalue weighted by Gasteiger charge is -2.31. The monoisotopic (exact) mass is 961 g/mol. The Balaban J connectivity index is 0.000000147. The van der Waals surface area contributed by atoms with E-state index in [0.29, 0.717) is 35.7 Å². The van der Waals surface area contributed by atoms with Crippen LogP contribution in [0.5, 0.6) is 0 Å². The Labute approximate surface area is 413 Å². The number of piperidine rings is 2. The Morgan fingerprint density at radius 2 is 1.29 bits per heavy atom. The summed E-state index contributed by atoms with van der Waals surface area (Å²) in [6.45, 7) is 9.79. The first-order chi connectivity index (χ1) is 35.4. The largest absolute Gasteiger partial charge is 0.460 e. The zero-order valence-electron chi connectivity index (χ0n) is 40.0. The van der Waals surface area contributed by atoms with E-state index in [1.54, 1.807) is 12.3 Å². The molecular weight excluding hydrogens is 910 g/mol. The van der Waals surface area contributed by atoms with Crippen LogP contribution in [0.15, 0.2) is 135 Å². The van der Waals surface area contributed by atoms with E-state index in [1.165, 1.54) is 6.07 Å². The fraction of sp³-hybridized carbons (Fsp3) is 0.273. The molecule has 2 saturated heterocycles. The van der Waals surface area contributed by atoms with Crippen molar-refractivity contribution in [3.05, 3.63) is 156 Å². The minimum Gasteiger partial charge on any atom is -0.460 e. The predicted octanol–water partition coefficient (Wildman–Crippen LogP) is 11.1. The highest BCUT2D eigenvalue weighted by molar-refractivity contribution is 5.96. The number of benzene rings is 4. The first kappa shape index (κ1) is 45.0. The van der Waals surface area contributed by atoms with E-state index in [4.69, 9.17) is 13.3 Å². The lowest BCUT2D eigenvalue weighted by atomic mass is 9.97. The van der Waals surface area contributed by atoms with Gasteiger partial charge in [0.1, 0.15) is 28.5 Å². The summed E-state index contributed by atoms with van der Waals surface area (Å²) in [6, 6.07) is 33.3. The maximum atomic E-state index is 14.1. The maximum absolute atomic E-state index is 14.1. The van der Waals surface area contributed by atoms with Gasteiger partial charge in [0.15, 0.2) is 0 Å². The van der Waals surface area contributed by atoms with Gasteiger partial charge >= 0.3 is 0 Å². The number of nitrogens with zero attached hydrogens (tertiary/aromatic N) is 11. The van der Waals surface area contributed by atoms with Crippen molar-refractivity contribution >= 4 is 32.8 Å². The van der Waals surface area contributed by atoms with Gasteiger partial charge in [-0.15, -0.1) is 20.4 Å². The molecule has 4 aromatic carbocycles. The standard InChI is InChI=1S/C29H26N6O2.C26H26FN7O/c1-18-13-20(10-11-30-18)27-24-15-21(8-9-25(24)31-32-27)28-33-34-29(37-28)22-6-4-12-35(16-22)17-23-14-19-5-2-3-7-26(19)36-23;1-2-34-16-20(13-28-34)24-21-12-17(9-10-23(21)29-30-24)25-31-32-26(35-25)19-7-5-11-33(15-19)14-18-6-3-4-8-22(18)27/h2-3,5,7-11,13-15,22H,4,6,12,16-17H2,1H3,(H,31,32);3-4,6,8-10,12-13,16,19H,2,5,7,11,14-15H2,1H3,(H,29,30)/t22-;19-/m11/s1. The summed E-state index contributed by atoms with van der Waals surface area (Å²) < 4.78 is 34.4. The smallest absolute Gasteiger partial charge is 0.247 e. The van der Waals surface area contributed by atoms with Crippen molar-refractivity contribution in [1.29, 1.82) is 0 Å². The Morgan fingerprint density at radius 1 is 0.653 bits per heavy atom. The van der Waals surface area contributed by atoms with Gasteiger partial charge in [-0.2, -0.15) is 15.3 Å². The number of likely N-dealkylation sites (tertiary alicyclic amines) is 2. The van der Waals surface area contributed by atoms with Crippen LogP contribution in [0.25, 0.3) is 78.2 Å². The molecule has 0 amide bonds. The molecule has 2 N–H and O–H groups in total. The van der Waals surface area contributed by atoms with E-state index in [-0.39, 0.29) is 17.7 Å². The van der Waals surface area contributed by atoms with Gasteiger partial charge in [-0.3, -0.25) is 29.7 Å². The van der Waals surface area contributed by atoms with Gasteiger partial charge in [0.25, 0.3) is 0 Å². The zero-order valence-corrected chi connectivity index (χ0v) is 40.0. The molecule has 9 heterocycles. The van der Waals surface area contributed by atoms with Gasteiger partial charge in [-0.05, 0) is 119 Å². The van der Waals surface area contributed by atoms with Gasteiger partial charge in [-0.25, -0.2) is 4.39 Å². The average Bonchev–Trinajstić information content (AvgIpc) is 4.29. The summed E-state index contributed by atoms with van der Waals surface area (Å²) in [5.41, 5.74) is 9.94. The average molecular weight is 962 g/mol. The summed E-state index contributed by atoms with van der Waals surface area (Å²) >= 11 is 0. The van der Waals surface area contributed by atoms with E-state index in [1.807, 2.05) is 96.8 Å². The molecule has 7 aromatic heterocycles. The molecule has 72 heavy (non-hydrogen) atoms. The summed E-state index contributed by atoms with van der Waals surface area (Å²) in [4.78, 5) is 8.97. The SMILES string of the molecule is CCn1cc(-c2n[nH]c3ccc(-c4nnc([C@@H]5CCCN(Cc6ccccc6F)C5)o4)cc23)cn1.Cc1cc(-c2n[nH]c3ccc(-c4nnc([C@@H]5CCCN(Cc6cc7ccccc7o6)C5)o4)cc23)ccn1. The number of aromatic amines is 2. The van der Waals surface area contributed by atoms with Crippen molar-refractivity contribution in [2.45, 2.75) is 71.0 Å². The van der Waals surface area contributed by atoms with Crippen molar-refractivity contribution in [3.8, 4) is 45.4 Å². The van der Waals surface area contributed by atoms with Gasteiger partial charge in [0.2, 0.25) is 23.6 Å². The second-order valence-electron chi connectivity index (χ2n) is 18.8. The second-order valence-corrected chi connectivity index (χ2v) is 18.8. The van der Waals surface area contributed by atoms with Crippen LogP contribution in [-0.2, 0) is 19.6 Å². The molecular formula is C55H52FN13O3. The van der Waals surface area contributed by atoms with Crippen molar-refractivity contribution in [3.63, 3.8) is 0 Å². The summed E-state index contributed by atoms with van der Waals surface area (Å²) in [6.07, 6.45) is 9.72. The summed E-state index contributed by atoms with van der Waals surface area (Å²) in [5.74, 6) is 3.51. The van der Waals surface area contributed by atoms with E-state index in [2.05, 4.69) is 85.8 Å². The topological polar surface area (TPSA) is 186 Å².